The van der Waals surface area contributed by atoms with Gasteiger partial charge in [0.05, 0.1) is 18.8 Å². The van der Waals surface area contributed by atoms with E-state index in [1.807, 2.05) is 30.3 Å². The average Bonchev–Trinajstić information content (AvgIpc) is 3.27. The van der Waals surface area contributed by atoms with E-state index in [1.165, 1.54) is 26.4 Å². The van der Waals surface area contributed by atoms with Gasteiger partial charge in [0.15, 0.2) is 0 Å². The highest BCUT2D eigenvalue weighted by Crippen LogP contribution is 2.68. The Labute approximate surface area is 222 Å². The molecule has 0 spiro atoms. The molecule has 5 nitrogen and oxygen atoms in total. The maximum atomic E-state index is 12.7. The van der Waals surface area contributed by atoms with E-state index in [-0.39, 0.29) is 35.0 Å². The lowest BCUT2D eigenvalue weighted by molar-refractivity contribution is -0.175. The fourth-order valence-electron chi connectivity index (χ4n) is 9.69. The van der Waals surface area contributed by atoms with Crippen molar-refractivity contribution in [2.75, 3.05) is 7.11 Å². The second-order valence-electron chi connectivity index (χ2n) is 13.2. The van der Waals surface area contributed by atoms with Crippen LogP contribution in [0.25, 0.3) is 0 Å². The van der Waals surface area contributed by atoms with Crippen LogP contribution in [0.15, 0.2) is 30.3 Å². The summed E-state index contributed by atoms with van der Waals surface area (Å²) in [5.74, 6) is 2.82. The first-order chi connectivity index (χ1) is 17.7. The van der Waals surface area contributed by atoms with Crippen LogP contribution < -0.4 is 0 Å². The van der Waals surface area contributed by atoms with E-state index in [4.69, 9.17) is 9.47 Å². The number of aliphatic hydroxyl groups is 1. The number of esters is 2. The Kier molecular flexibility index (Phi) is 7.48. The molecule has 0 bridgehead atoms. The molecule has 4 aliphatic carbocycles. The Morgan fingerprint density at radius 3 is 2.51 bits per heavy atom. The molecular formula is C32H46O5. The van der Waals surface area contributed by atoms with E-state index in [1.54, 1.807) is 0 Å². The Morgan fingerprint density at radius 1 is 1.03 bits per heavy atom. The van der Waals surface area contributed by atoms with Crippen molar-refractivity contribution >= 4 is 11.9 Å². The minimum Gasteiger partial charge on any atom is -0.469 e. The molecule has 0 heterocycles. The summed E-state index contributed by atoms with van der Waals surface area (Å²) in [5.41, 5.74) is 0.767. The summed E-state index contributed by atoms with van der Waals surface area (Å²) >= 11 is 0. The topological polar surface area (TPSA) is 72.8 Å². The quantitative estimate of drug-likeness (QED) is 0.447. The van der Waals surface area contributed by atoms with E-state index >= 15 is 0 Å². The lowest BCUT2D eigenvalue weighted by Gasteiger charge is -2.62. The molecule has 5 heteroatoms. The Bertz CT molecular complexity index is 977. The molecule has 0 saturated heterocycles. The summed E-state index contributed by atoms with van der Waals surface area (Å²) in [7, 11) is 1.46. The van der Waals surface area contributed by atoms with Crippen molar-refractivity contribution in [3.05, 3.63) is 35.9 Å². The summed E-state index contributed by atoms with van der Waals surface area (Å²) in [6.45, 7) is 7.11. The van der Waals surface area contributed by atoms with Gasteiger partial charge >= 0.3 is 11.9 Å². The smallest absolute Gasteiger partial charge is 0.338 e. The molecule has 4 saturated carbocycles. The third-order valence-electron chi connectivity index (χ3n) is 11.8. The van der Waals surface area contributed by atoms with Gasteiger partial charge in [-0.15, -0.1) is 0 Å². The molecule has 10 atom stereocenters. The minimum atomic E-state index is -0.295. The van der Waals surface area contributed by atoms with Gasteiger partial charge in [-0.05, 0) is 116 Å². The highest BCUT2D eigenvalue weighted by Gasteiger charge is 2.63. The average molecular weight is 511 g/mol. The molecule has 5 rings (SSSR count). The predicted molar refractivity (Wildman–Crippen MR) is 143 cm³/mol. The van der Waals surface area contributed by atoms with Crippen molar-refractivity contribution in [1.82, 2.24) is 0 Å². The number of ether oxygens (including phenoxy) is 2. The fraction of sp³-hybridized carbons (Fsp3) is 0.750. The molecule has 204 valence electrons. The van der Waals surface area contributed by atoms with Gasteiger partial charge in [0, 0.05) is 6.42 Å². The zero-order chi connectivity index (χ0) is 26.4. The summed E-state index contributed by atoms with van der Waals surface area (Å²) in [6, 6.07) is 9.33. The first-order valence-electron chi connectivity index (χ1n) is 14.7. The molecule has 1 N–H and O–H groups in total. The normalized spacial score (nSPS) is 41.6. The summed E-state index contributed by atoms with van der Waals surface area (Å²) in [5, 5.41) is 11.8. The van der Waals surface area contributed by atoms with Crippen molar-refractivity contribution in [3.8, 4) is 0 Å². The standard InChI is InChI=1S/C32H46O5/c1-20(10-15-29(34)36-4)25-13-14-26-24-12-11-22-18-23(37-30(35)21-8-6-5-7-9-21)16-17-31(22,2)27(24)19-28(33)32(25,26)3/h5-9,20,22-28,33H,10-19H2,1-4H3/t20-,22-,23-,24?,25?,26+,27?,28+,31+,32-/m1/s1. The van der Waals surface area contributed by atoms with E-state index in [0.29, 0.717) is 47.5 Å². The van der Waals surface area contributed by atoms with Crippen molar-refractivity contribution in [3.63, 3.8) is 0 Å². The number of carbonyl (C=O) groups excluding carboxylic acids is 2. The molecule has 37 heavy (non-hydrogen) atoms. The molecule has 1 aromatic rings. The first kappa shape index (κ1) is 26.7. The molecule has 3 unspecified atom stereocenters. The van der Waals surface area contributed by atoms with Gasteiger partial charge in [-0.1, -0.05) is 39.0 Å². The van der Waals surface area contributed by atoms with Gasteiger partial charge in [0.1, 0.15) is 6.10 Å². The van der Waals surface area contributed by atoms with Crippen molar-refractivity contribution in [2.24, 2.45) is 46.3 Å². The highest BCUT2D eigenvalue weighted by atomic mass is 16.5. The van der Waals surface area contributed by atoms with E-state index in [2.05, 4.69) is 20.8 Å². The number of hydrogen-bond donors (Lipinski definition) is 1. The van der Waals surface area contributed by atoms with Crippen LogP contribution in [0.1, 0.15) is 95.3 Å². The van der Waals surface area contributed by atoms with Crippen LogP contribution >= 0.6 is 0 Å². The highest BCUT2D eigenvalue weighted by molar-refractivity contribution is 5.89. The molecule has 0 aromatic heterocycles. The Morgan fingerprint density at radius 2 is 1.78 bits per heavy atom. The largest absolute Gasteiger partial charge is 0.469 e. The van der Waals surface area contributed by atoms with Crippen LogP contribution in [0.4, 0.5) is 0 Å². The van der Waals surface area contributed by atoms with Gasteiger partial charge in [-0.25, -0.2) is 4.79 Å². The van der Waals surface area contributed by atoms with E-state index < -0.39 is 0 Å². The maximum absolute atomic E-state index is 12.7. The molecule has 0 radical (unpaired) electrons. The SMILES string of the molecule is COC(=O)CC[C@@H](C)C1CC[C@H]2C3CC[C@@H]4C[C@H](OC(=O)c5ccccc5)CC[C@]4(C)C3C[C@H](O)[C@]12C. The van der Waals surface area contributed by atoms with Crippen LogP contribution in [-0.4, -0.2) is 36.4 Å². The first-order valence-corrected chi connectivity index (χ1v) is 14.7. The van der Waals surface area contributed by atoms with Crippen molar-refractivity contribution in [1.29, 1.82) is 0 Å². The fourth-order valence-corrected chi connectivity index (χ4v) is 9.69. The number of benzene rings is 1. The molecule has 4 aliphatic rings. The van der Waals surface area contributed by atoms with E-state index in [0.717, 1.165) is 38.5 Å². The third kappa shape index (κ3) is 4.64. The van der Waals surface area contributed by atoms with Crippen molar-refractivity contribution < 1.29 is 24.2 Å². The van der Waals surface area contributed by atoms with Gasteiger partial charge in [0.2, 0.25) is 0 Å². The summed E-state index contributed by atoms with van der Waals surface area (Å²) in [4.78, 5) is 24.5. The number of carbonyl (C=O) groups is 2. The van der Waals surface area contributed by atoms with Crippen LogP contribution in [0, 0.1) is 46.3 Å². The molecule has 4 fully saturated rings. The summed E-state index contributed by atoms with van der Waals surface area (Å²) < 4.78 is 10.9. The van der Waals surface area contributed by atoms with Gasteiger partial charge in [0.25, 0.3) is 0 Å². The molecular weight excluding hydrogens is 464 g/mol. The Hall–Kier alpha value is -1.88. The van der Waals surface area contributed by atoms with Crippen LogP contribution in [0.3, 0.4) is 0 Å². The molecule has 0 amide bonds. The number of aliphatic hydroxyl groups excluding tert-OH is 1. The monoisotopic (exact) mass is 510 g/mol. The number of methoxy groups -OCH3 is 1. The van der Waals surface area contributed by atoms with Crippen LogP contribution in [0.2, 0.25) is 0 Å². The minimum absolute atomic E-state index is 0.00682. The van der Waals surface area contributed by atoms with Crippen LogP contribution in [0.5, 0.6) is 0 Å². The number of rotatable bonds is 6. The van der Waals surface area contributed by atoms with E-state index in [9.17, 15) is 14.7 Å². The van der Waals surface area contributed by atoms with Gasteiger partial charge in [-0.2, -0.15) is 0 Å². The van der Waals surface area contributed by atoms with Gasteiger partial charge < -0.3 is 14.6 Å². The lowest BCUT2D eigenvalue weighted by atomic mass is 9.43. The molecule has 1 aromatic carbocycles. The number of hydrogen-bond acceptors (Lipinski definition) is 5. The number of fused-ring (bicyclic) bond motifs is 5. The second kappa shape index (κ2) is 10.4. The zero-order valence-corrected chi connectivity index (χ0v) is 23.2. The zero-order valence-electron chi connectivity index (χ0n) is 23.2. The molecule has 0 aliphatic heterocycles. The van der Waals surface area contributed by atoms with Crippen LogP contribution in [-0.2, 0) is 14.3 Å². The predicted octanol–water partition coefficient (Wildman–Crippen LogP) is 6.43. The maximum Gasteiger partial charge on any atom is 0.338 e. The lowest BCUT2D eigenvalue weighted by Crippen LogP contribution is -2.59. The third-order valence-corrected chi connectivity index (χ3v) is 11.8. The second-order valence-corrected chi connectivity index (χ2v) is 13.2. The summed E-state index contributed by atoms with van der Waals surface area (Å²) in [6.07, 6.45) is 9.59. The Balaban J connectivity index is 1.27. The van der Waals surface area contributed by atoms with Crippen molar-refractivity contribution in [2.45, 2.75) is 97.2 Å². The van der Waals surface area contributed by atoms with Gasteiger partial charge in [-0.3, -0.25) is 4.79 Å².